The van der Waals surface area contributed by atoms with Crippen LogP contribution in [0.5, 0.6) is 5.75 Å². The summed E-state index contributed by atoms with van der Waals surface area (Å²) in [7, 11) is 5.31. The largest absolute Gasteiger partial charge is 0.497 e. The monoisotopic (exact) mass is 396 g/mol. The van der Waals surface area contributed by atoms with E-state index in [-0.39, 0.29) is 11.3 Å². The molecule has 0 unspecified atom stereocenters. The molecule has 0 radical (unpaired) electrons. The maximum atomic E-state index is 12.7. The summed E-state index contributed by atoms with van der Waals surface area (Å²) in [6.07, 6.45) is 5.90. The first-order valence-corrected chi connectivity index (χ1v) is 9.94. The molecule has 29 heavy (non-hydrogen) atoms. The van der Waals surface area contributed by atoms with Gasteiger partial charge in [0, 0.05) is 45.3 Å². The molecule has 2 aliphatic rings. The van der Waals surface area contributed by atoms with Crippen molar-refractivity contribution in [3.8, 4) is 5.75 Å². The number of methoxy groups -OCH3 is 1. The summed E-state index contributed by atoms with van der Waals surface area (Å²) < 4.78 is 6.98. The molecule has 1 aromatic heterocycles. The van der Waals surface area contributed by atoms with Gasteiger partial charge in [0.15, 0.2) is 5.96 Å². The van der Waals surface area contributed by atoms with E-state index in [0.29, 0.717) is 13.1 Å². The van der Waals surface area contributed by atoms with Crippen molar-refractivity contribution in [2.45, 2.75) is 18.3 Å². The number of nitrogens with one attached hydrogen (secondary N) is 1. The van der Waals surface area contributed by atoms with E-state index < -0.39 is 0 Å². The van der Waals surface area contributed by atoms with Crippen molar-refractivity contribution in [2.75, 3.05) is 45.2 Å². The van der Waals surface area contributed by atoms with Gasteiger partial charge in [-0.1, -0.05) is 12.1 Å². The van der Waals surface area contributed by atoms with Crippen LogP contribution >= 0.6 is 0 Å². The number of carbonyl (C=O) groups excluding carboxylic acids is 1. The van der Waals surface area contributed by atoms with Crippen LogP contribution in [-0.4, -0.2) is 66.9 Å². The number of aryl methyl sites for hydroxylation is 1. The van der Waals surface area contributed by atoms with Crippen LogP contribution in [-0.2, 0) is 17.3 Å². The fourth-order valence-corrected chi connectivity index (χ4v) is 3.92. The fourth-order valence-electron chi connectivity index (χ4n) is 3.92. The van der Waals surface area contributed by atoms with Crippen LogP contribution in [0.1, 0.15) is 18.4 Å². The molecule has 4 rings (SSSR count). The first-order chi connectivity index (χ1) is 14.0. The van der Waals surface area contributed by atoms with Gasteiger partial charge in [0.1, 0.15) is 12.3 Å². The van der Waals surface area contributed by atoms with Crippen molar-refractivity contribution in [1.29, 1.82) is 0 Å². The van der Waals surface area contributed by atoms with E-state index in [4.69, 9.17) is 4.74 Å². The summed E-state index contributed by atoms with van der Waals surface area (Å²) in [6, 6.07) is 8.32. The normalized spacial score (nSPS) is 18.7. The molecule has 2 heterocycles. The van der Waals surface area contributed by atoms with Crippen molar-refractivity contribution in [1.82, 2.24) is 20.0 Å². The zero-order valence-corrected chi connectivity index (χ0v) is 17.3. The topological polar surface area (TPSA) is 75.0 Å². The van der Waals surface area contributed by atoms with E-state index in [1.54, 1.807) is 29.9 Å². The van der Waals surface area contributed by atoms with Gasteiger partial charge < -0.3 is 19.9 Å². The number of aliphatic imine (C=N–C) groups is 1. The fraction of sp³-hybridized carbons (Fsp3) is 0.476. The number of ether oxygens (including phenoxy) is 1. The quantitative estimate of drug-likeness (QED) is 0.611. The molecule has 1 amide bonds. The van der Waals surface area contributed by atoms with Gasteiger partial charge >= 0.3 is 0 Å². The van der Waals surface area contributed by atoms with E-state index in [0.717, 1.165) is 43.3 Å². The van der Waals surface area contributed by atoms with Gasteiger partial charge in [0.25, 0.3) is 0 Å². The molecule has 2 fully saturated rings. The zero-order valence-electron chi connectivity index (χ0n) is 17.3. The molecule has 0 atom stereocenters. The van der Waals surface area contributed by atoms with E-state index in [9.17, 15) is 4.79 Å². The number of rotatable bonds is 5. The summed E-state index contributed by atoms with van der Waals surface area (Å²) in [4.78, 5) is 20.9. The first kappa shape index (κ1) is 19.3. The Bertz CT molecular complexity index is 900. The maximum absolute atomic E-state index is 12.7. The molecule has 1 saturated heterocycles. The van der Waals surface area contributed by atoms with E-state index in [1.807, 2.05) is 30.3 Å². The third-order valence-electron chi connectivity index (χ3n) is 5.88. The van der Waals surface area contributed by atoms with Crippen LogP contribution in [0.25, 0.3) is 0 Å². The summed E-state index contributed by atoms with van der Waals surface area (Å²) >= 11 is 0. The van der Waals surface area contributed by atoms with Crippen LogP contribution in [0, 0.1) is 0 Å². The van der Waals surface area contributed by atoms with Gasteiger partial charge in [-0.3, -0.25) is 14.5 Å². The van der Waals surface area contributed by atoms with Crippen molar-refractivity contribution < 1.29 is 9.53 Å². The Morgan fingerprint density at radius 3 is 2.59 bits per heavy atom. The Balaban J connectivity index is 1.37. The summed E-state index contributed by atoms with van der Waals surface area (Å²) in [5.41, 5.74) is 2.30. The second-order valence-corrected chi connectivity index (χ2v) is 7.75. The smallest absolute Gasteiger partial charge is 0.246 e. The van der Waals surface area contributed by atoms with E-state index >= 15 is 0 Å². The van der Waals surface area contributed by atoms with Gasteiger partial charge in [-0.25, -0.2) is 0 Å². The second kappa shape index (κ2) is 7.77. The number of hydrogen-bond donors (Lipinski definition) is 1. The number of hydrogen-bond acceptors (Lipinski definition) is 4. The lowest BCUT2D eigenvalue weighted by Gasteiger charge is -2.35. The number of amides is 1. The molecule has 1 aliphatic carbocycles. The van der Waals surface area contributed by atoms with Gasteiger partial charge in [-0.2, -0.15) is 5.10 Å². The number of benzene rings is 1. The average Bonchev–Trinajstić information content (AvgIpc) is 3.41. The number of nitrogens with zero attached hydrogens (tertiary/aromatic N) is 5. The molecule has 0 bridgehead atoms. The molecular weight excluding hydrogens is 368 g/mol. The lowest BCUT2D eigenvalue weighted by atomic mass is 9.96. The highest BCUT2D eigenvalue weighted by molar-refractivity contribution is 5.98. The third-order valence-corrected chi connectivity index (χ3v) is 5.88. The lowest BCUT2D eigenvalue weighted by Crippen LogP contribution is -2.56. The third kappa shape index (κ3) is 3.92. The predicted octanol–water partition coefficient (Wildman–Crippen LogP) is 1.38. The van der Waals surface area contributed by atoms with Crippen LogP contribution in [0.4, 0.5) is 5.69 Å². The van der Waals surface area contributed by atoms with Crippen LogP contribution < -0.4 is 15.0 Å². The van der Waals surface area contributed by atoms with Crippen molar-refractivity contribution in [3.63, 3.8) is 0 Å². The highest BCUT2D eigenvalue weighted by atomic mass is 16.5. The minimum absolute atomic E-state index is 0.0588. The molecule has 1 aliphatic heterocycles. The number of aromatic nitrogens is 2. The van der Waals surface area contributed by atoms with Gasteiger partial charge in [-0.05, 0) is 30.5 Å². The number of carbonyl (C=O) groups is 1. The molecule has 1 saturated carbocycles. The van der Waals surface area contributed by atoms with E-state index in [2.05, 4.69) is 27.5 Å². The number of piperazine rings is 1. The Kier molecular flexibility index (Phi) is 5.17. The SMILES string of the molecule is CN=C(NCC1(c2ccc(OC)cc2)CC1)N1CCN(c2cnn(C)c2)C(=O)C1. The molecule has 154 valence electrons. The average molecular weight is 396 g/mol. The standard InChI is InChI=1S/C21H28N6O2/c1-22-20(23-15-21(8-9-21)16-4-6-18(29-3)7-5-16)26-10-11-27(19(28)14-26)17-12-24-25(2)13-17/h4-7,12-13H,8-11,14-15H2,1-3H3,(H,22,23). The Morgan fingerprint density at radius 1 is 1.28 bits per heavy atom. The van der Waals surface area contributed by atoms with Crippen LogP contribution in [0.15, 0.2) is 41.7 Å². The number of anilines is 1. The van der Waals surface area contributed by atoms with Crippen molar-refractivity contribution in [2.24, 2.45) is 12.0 Å². The minimum Gasteiger partial charge on any atom is -0.497 e. The van der Waals surface area contributed by atoms with Gasteiger partial charge in [0.05, 0.1) is 19.0 Å². The molecule has 2 aromatic rings. The highest BCUT2D eigenvalue weighted by Gasteiger charge is 2.44. The van der Waals surface area contributed by atoms with E-state index in [1.165, 1.54) is 5.56 Å². The number of guanidine groups is 1. The van der Waals surface area contributed by atoms with Crippen LogP contribution in [0.3, 0.4) is 0 Å². The summed E-state index contributed by atoms with van der Waals surface area (Å²) in [5, 5.41) is 7.67. The molecule has 8 nitrogen and oxygen atoms in total. The summed E-state index contributed by atoms with van der Waals surface area (Å²) in [6.45, 7) is 2.47. The lowest BCUT2D eigenvalue weighted by molar-refractivity contribution is -0.120. The van der Waals surface area contributed by atoms with Crippen molar-refractivity contribution in [3.05, 3.63) is 42.2 Å². The second-order valence-electron chi connectivity index (χ2n) is 7.75. The zero-order chi connectivity index (χ0) is 20.4. The molecule has 0 spiro atoms. The molecule has 1 N–H and O–H groups in total. The van der Waals surface area contributed by atoms with Gasteiger partial charge in [0.2, 0.25) is 5.91 Å². The first-order valence-electron chi connectivity index (χ1n) is 9.94. The Labute approximate surface area is 171 Å². The Hall–Kier alpha value is -3.03. The van der Waals surface area contributed by atoms with Crippen LogP contribution in [0.2, 0.25) is 0 Å². The molecular formula is C21H28N6O2. The minimum atomic E-state index is 0.0588. The summed E-state index contributed by atoms with van der Waals surface area (Å²) in [5.74, 6) is 1.71. The molecule has 8 heteroatoms. The predicted molar refractivity (Wildman–Crippen MR) is 112 cm³/mol. The maximum Gasteiger partial charge on any atom is 0.246 e. The van der Waals surface area contributed by atoms with Crippen molar-refractivity contribution >= 4 is 17.6 Å². The Morgan fingerprint density at radius 2 is 2.03 bits per heavy atom. The molecule has 1 aromatic carbocycles. The highest BCUT2D eigenvalue weighted by Crippen LogP contribution is 2.47. The van der Waals surface area contributed by atoms with Gasteiger partial charge in [-0.15, -0.1) is 0 Å².